The lowest BCUT2D eigenvalue weighted by molar-refractivity contribution is 1.10. The highest BCUT2D eigenvalue weighted by atomic mass is 15.3. The Morgan fingerprint density at radius 1 is 0.357 bits per heavy atom. The lowest BCUT2D eigenvalue weighted by atomic mass is 9.95. The van der Waals surface area contributed by atoms with Crippen molar-refractivity contribution in [2.75, 3.05) is 0 Å². The highest BCUT2D eigenvalue weighted by molar-refractivity contribution is 6.23. The molecule has 0 unspecified atom stereocenters. The molecule has 0 atom stereocenters. The summed E-state index contributed by atoms with van der Waals surface area (Å²) >= 11 is 0. The molecule has 6 aromatic carbocycles. The second kappa shape index (κ2) is 12.9. The minimum absolute atomic E-state index is 0.273. The molecule has 11 rings (SSSR count). The molecule has 3 aromatic heterocycles. The van der Waals surface area contributed by atoms with Crippen LogP contribution in [0.2, 0.25) is 0 Å². The van der Waals surface area contributed by atoms with E-state index in [-0.39, 0.29) is 11.7 Å². The van der Waals surface area contributed by atoms with Crippen molar-refractivity contribution in [3.05, 3.63) is 181 Å². The van der Waals surface area contributed by atoms with Crippen molar-refractivity contribution in [1.29, 1.82) is 0 Å². The molecular weight excluding hydrogens is 689 g/mol. The number of aromatic nitrogens is 7. The van der Waals surface area contributed by atoms with Crippen LogP contribution in [0.25, 0.3) is 89.1 Å². The fourth-order valence-electron chi connectivity index (χ4n) is 7.94. The van der Waals surface area contributed by atoms with E-state index in [0.29, 0.717) is 17.1 Å². The van der Waals surface area contributed by atoms with Crippen LogP contribution in [-0.4, -0.2) is 40.8 Å². The number of hydrogen-bond acceptors (Lipinski definition) is 6. The fraction of sp³-hybridized carbons (Fsp3) is 0. The Balaban J connectivity index is 1.42. The molecule has 0 radical (unpaired) electrons. The van der Waals surface area contributed by atoms with E-state index in [9.17, 15) is 0 Å². The predicted molar refractivity (Wildman–Crippen MR) is 224 cm³/mol. The predicted octanol–water partition coefficient (Wildman–Crippen LogP) is 11.2. The highest BCUT2D eigenvalue weighted by Gasteiger charge is 2.27. The summed E-state index contributed by atoms with van der Waals surface area (Å²) in [5, 5.41) is 11.3. The van der Waals surface area contributed by atoms with Crippen LogP contribution >= 0.6 is 0 Å². The maximum atomic E-state index is 5.61. The number of aliphatic imine (C=N–C) groups is 1. The second-order valence-electron chi connectivity index (χ2n) is 13.7. The Bertz CT molecular complexity index is 3170. The third-order valence-electron chi connectivity index (χ3n) is 10.4. The topological polar surface area (TPSA) is 108 Å². The van der Waals surface area contributed by atoms with Crippen molar-refractivity contribution in [2.24, 2.45) is 4.99 Å². The number of fused-ring (bicyclic) bond motifs is 14. The van der Waals surface area contributed by atoms with E-state index in [0.717, 1.165) is 83.3 Å². The number of hydrogen-bond donors (Lipinski definition) is 2. The van der Waals surface area contributed by atoms with Gasteiger partial charge >= 0.3 is 0 Å². The van der Waals surface area contributed by atoms with Crippen LogP contribution in [0, 0.1) is 0 Å². The van der Waals surface area contributed by atoms with Gasteiger partial charge in [0.15, 0.2) is 5.65 Å². The van der Waals surface area contributed by atoms with Crippen LogP contribution < -0.4 is 0 Å². The Morgan fingerprint density at radius 3 is 1.39 bits per heavy atom. The Labute approximate surface area is 321 Å². The molecule has 9 aromatic rings. The molecule has 0 saturated heterocycles. The van der Waals surface area contributed by atoms with E-state index < -0.39 is 0 Å². The second-order valence-corrected chi connectivity index (χ2v) is 13.7. The van der Waals surface area contributed by atoms with E-state index in [1.807, 2.05) is 48.5 Å². The molecule has 2 N–H and O–H groups in total. The molecule has 262 valence electrons. The molecule has 2 aliphatic heterocycles. The van der Waals surface area contributed by atoms with Gasteiger partial charge in [0, 0.05) is 38.6 Å². The van der Waals surface area contributed by atoms with Gasteiger partial charge in [-0.25, -0.2) is 15.0 Å². The molecule has 8 bridgehead atoms. The summed E-state index contributed by atoms with van der Waals surface area (Å²) in [6, 6.07) is 58.2. The van der Waals surface area contributed by atoms with Crippen LogP contribution in [-0.2, 0) is 0 Å². The number of nitrogens with zero attached hydrogens (tertiary/aromatic N) is 6. The molecular formula is C48H30N8. The SMILES string of the molecule is c1ccc(C2=Nc3nc2c(-c2ccccc2)c2[nH]c(c(-c4ccccc4)c4nc(c(-c5ccccc5)c5nnc(n3)[nH]5)-c3ccccc3-4)c3ccccc23)cc1. The van der Waals surface area contributed by atoms with E-state index in [1.54, 1.807) is 0 Å². The van der Waals surface area contributed by atoms with Gasteiger partial charge in [-0.3, -0.25) is 0 Å². The molecule has 0 aliphatic carbocycles. The van der Waals surface area contributed by atoms with Gasteiger partial charge in [-0.1, -0.05) is 170 Å². The van der Waals surface area contributed by atoms with Crippen LogP contribution in [0.4, 0.5) is 5.95 Å². The zero-order valence-electron chi connectivity index (χ0n) is 29.8. The van der Waals surface area contributed by atoms with Gasteiger partial charge in [-0.15, -0.1) is 10.2 Å². The minimum Gasteiger partial charge on any atom is -0.353 e. The van der Waals surface area contributed by atoms with E-state index >= 15 is 0 Å². The molecule has 0 spiro atoms. The molecule has 0 amide bonds. The molecule has 0 saturated carbocycles. The van der Waals surface area contributed by atoms with Gasteiger partial charge in [0.2, 0.25) is 0 Å². The molecule has 8 heteroatoms. The molecule has 2 aliphatic rings. The fourth-order valence-corrected chi connectivity index (χ4v) is 7.94. The summed E-state index contributed by atoms with van der Waals surface area (Å²) in [7, 11) is 0. The summed E-state index contributed by atoms with van der Waals surface area (Å²) in [5.41, 5.74) is 14.1. The monoisotopic (exact) mass is 718 g/mol. The molecule has 8 nitrogen and oxygen atoms in total. The lowest BCUT2D eigenvalue weighted by Crippen LogP contribution is -2.03. The van der Waals surface area contributed by atoms with Gasteiger partial charge < -0.3 is 9.97 Å². The first-order valence-corrected chi connectivity index (χ1v) is 18.5. The van der Waals surface area contributed by atoms with Crippen LogP contribution in [0.5, 0.6) is 0 Å². The van der Waals surface area contributed by atoms with Gasteiger partial charge in [0.1, 0.15) is 11.4 Å². The number of H-pyrrole nitrogens is 2. The van der Waals surface area contributed by atoms with Crippen molar-refractivity contribution < 1.29 is 0 Å². The first-order chi connectivity index (χ1) is 27.8. The first kappa shape index (κ1) is 31.7. The number of nitrogens with one attached hydrogen (secondary N) is 2. The number of aromatic amines is 2. The van der Waals surface area contributed by atoms with Gasteiger partial charge in [-0.2, -0.15) is 4.98 Å². The maximum absolute atomic E-state index is 5.61. The van der Waals surface area contributed by atoms with Gasteiger partial charge in [0.05, 0.1) is 28.0 Å². The standard InChI is InChI=1S/C48H30N8/c1-5-17-29(18-6-1)37-41-33-25-13-14-26-34(33)43(49-41)38(30-19-7-2-8-20-30)45-40(32-23-11-4-12-24-32)51-47(52-45)54-48-53-46(55-56-48)39(31-21-9-3-10-22-31)44-36-28-16-15-27-35(36)42(37)50-44/h1-28,49H,(H,51,52,53,54,55,56). The summed E-state index contributed by atoms with van der Waals surface area (Å²) in [6.07, 6.45) is 0. The van der Waals surface area contributed by atoms with Crippen molar-refractivity contribution in [3.63, 3.8) is 0 Å². The summed E-state index contributed by atoms with van der Waals surface area (Å²) in [6.45, 7) is 0. The largest absolute Gasteiger partial charge is 0.353 e. The average molecular weight is 719 g/mol. The van der Waals surface area contributed by atoms with Crippen molar-refractivity contribution in [2.45, 2.75) is 0 Å². The summed E-state index contributed by atoms with van der Waals surface area (Å²) in [5.74, 6) is 0.563. The summed E-state index contributed by atoms with van der Waals surface area (Å²) < 4.78 is 0. The van der Waals surface area contributed by atoms with Crippen molar-refractivity contribution in [1.82, 2.24) is 35.1 Å². The van der Waals surface area contributed by atoms with Crippen LogP contribution in [0.1, 0.15) is 11.3 Å². The minimum atomic E-state index is 0.273. The van der Waals surface area contributed by atoms with E-state index in [1.165, 1.54) is 0 Å². The quantitative estimate of drug-likeness (QED) is 0.188. The highest BCUT2D eigenvalue weighted by Crippen LogP contribution is 2.47. The van der Waals surface area contributed by atoms with Gasteiger partial charge in [-0.05, 0) is 16.7 Å². The number of benzene rings is 6. The Morgan fingerprint density at radius 2 is 0.821 bits per heavy atom. The third-order valence-corrected chi connectivity index (χ3v) is 10.4. The third kappa shape index (κ3) is 5.15. The normalized spacial score (nSPS) is 12.0. The smallest absolute Gasteiger partial charge is 0.254 e. The Hall–Kier alpha value is -7.84. The van der Waals surface area contributed by atoms with Crippen molar-refractivity contribution in [3.8, 4) is 55.9 Å². The zero-order valence-corrected chi connectivity index (χ0v) is 29.8. The molecule has 0 fully saturated rings. The maximum Gasteiger partial charge on any atom is 0.254 e. The summed E-state index contributed by atoms with van der Waals surface area (Å²) in [4.78, 5) is 28.2. The van der Waals surface area contributed by atoms with E-state index in [2.05, 4.69) is 141 Å². The van der Waals surface area contributed by atoms with Crippen LogP contribution in [0.15, 0.2) is 175 Å². The number of rotatable bonds is 4. The van der Waals surface area contributed by atoms with Gasteiger partial charge in [0.25, 0.3) is 11.7 Å². The average Bonchev–Trinajstić information content (AvgIpc) is 4.06. The van der Waals surface area contributed by atoms with E-state index in [4.69, 9.17) is 19.9 Å². The van der Waals surface area contributed by atoms with Crippen LogP contribution in [0.3, 0.4) is 0 Å². The van der Waals surface area contributed by atoms with Crippen molar-refractivity contribution >= 4 is 44.9 Å². The molecule has 56 heavy (non-hydrogen) atoms. The first-order valence-electron chi connectivity index (χ1n) is 18.5. The lowest BCUT2D eigenvalue weighted by Gasteiger charge is -2.09. The Kier molecular flexibility index (Phi) is 7.31. The zero-order chi connectivity index (χ0) is 37.0. The molecule has 5 heterocycles.